The van der Waals surface area contributed by atoms with Crippen LogP contribution in [0, 0.1) is 0 Å². The average Bonchev–Trinajstić information content (AvgIpc) is 3.01. The first kappa shape index (κ1) is 14.1. The normalized spacial score (nSPS) is 24.4. The highest BCUT2D eigenvalue weighted by molar-refractivity contribution is 6.07. The van der Waals surface area contributed by atoms with E-state index in [4.69, 9.17) is 0 Å². The fourth-order valence-corrected chi connectivity index (χ4v) is 3.29. The molecule has 3 rings (SSSR count). The molecule has 4 nitrogen and oxygen atoms in total. The minimum absolute atomic E-state index is 0.126. The number of hydrogen-bond acceptors (Lipinski definition) is 2. The third-order valence-electron chi connectivity index (χ3n) is 4.69. The molecule has 4 heteroatoms. The van der Waals surface area contributed by atoms with E-state index in [-0.39, 0.29) is 11.9 Å². The summed E-state index contributed by atoms with van der Waals surface area (Å²) in [5, 5.41) is 2.88. The quantitative estimate of drug-likeness (QED) is 0.865. The van der Waals surface area contributed by atoms with Crippen LogP contribution < -0.4 is 5.32 Å². The van der Waals surface area contributed by atoms with Crippen LogP contribution in [0.3, 0.4) is 0 Å². The molecule has 0 saturated carbocycles. The van der Waals surface area contributed by atoms with Gasteiger partial charge in [0.1, 0.15) is 5.54 Å². The largest absolute Gasteiger partial charge is 0.325 e. The zero-order valence-corrected chi connectivity index (χ0v) is 12.7. The number of urea groups is 1. The van der Waals surface area contributed by atoms with E-state index >= 15 is 0 Å². The Morgan fingerprint density at radius 3 is 2.76 bits per heavy atom. The molecule has 1 atom stereocenters. The van der Waals surface area contributed by atoms with Gasteiger partial charge in [-0.25, -0.2) is 4.79 Å². The molecule has 1 saturated heterocycles. The SMILES string of the molecule is CCCCN1C(=O)NC(C)(c2ccc3c(c2)CCC3)C1=O. The van der Waals surface area contributed by atoms with Crippen LogP contribution in [0.4, 0.5) is 4.79 Å². The molecule has 21 heavy (non-hydrogen) atoms. The number of nitrogens with zero attached hydrogens (tertiary/aromatic N) is 1. The lowest BCUT2D eigenvalue weighted by Crippen LogP contribution is -2.41. The minimum atomic E-state index is -0.914. The Bertz CT molecular complexity index is 596. The Morgan fingerprint density at radius 1 is 1.24 bits per heavy atom. The van der Waals surface area contributed by atoms with Crippen molar-refractivity contribution < 1.29 is 9.59 Å². The average molecular weight is 286 g/mol. The molecule has 2 aliphatic rings. The standard InChI is InChI=1S/C17H22N2O2/c1-3-4-10-19-15(20)17(2,18-16(19)21)14-9-8-12-6-5-7-13(12)11-14/h8-9,11H,3-7,10H2,1-2H3,(H,18,21). The first-order valence-corrected chi connectivity index (χ1v) is 7.82. The highest BCUT2D eigenvalue weighted by atomic mass is 16.2. The highest BCUT2D eigenvalue weighted by Crippen LogP contribution is 2.32. The van der Waals surface area contributed by atoms with Crippen molar-refractivity contribution in [2.45, 2.75) is 51.5 Å². The number of fused-ring (bicyclic) bond motifs is 1. The molecular weight excluding hydrogens is 264 g/mol. The molecule has 1 fully saturated rings. The second kappa shape index (κ2) is 5.17. The maximum absolute atomic E-state index is 12.7. The number of amides is 3. The lowest BCUT2D eigenvalue weighted by atomic mass is 9.89. The van der Waals surface area contributed by atoms with E-state index in [1.807, 2.05) is 13.0 Å². The molecule has 1 N–H and O–H groups in total. The van der Waals surface area contributed by atoms with E-state index in [9.17, 15) is 9.59 Å². The number of aryl methyl sites for hydroxylation is 2. The summed E-state index contributed by atoms with van der Waals surface area (Å²) in [5.74, 6) is -0.126. The molecule has 0 radical (unpaired) electrons. The zero-order valence-electron chi connectivity index (χ0n) is 12.7. The lowest BCUT2D eigenvalue weighted by molar-refractivity contribution is -0.131. The van der Waals surface area contributed by atoms with Gasteiger partial charge in [-0.2, -0.15) is 0 Å². The van der Waals surface area contributed by atoms with Crippen LogP contribution in [-0.4, -0.2) is 23.4 Å². The van der Waals surface area contributed by atoms with Gasteiger partial charge in [0.2, 0.25) is 0 Å². The summed E-state index contributed by atoms with van der Waals surface area (Å²) in [6.45, 7) is 4.37. The van der Waals surface area contributed by atoms with Crippen molar-refractivity contribution in [1.82, 2.24) is 10.2 Å². The van der Waals surface area contributed by atoms with Crippen LogP contribution in [0.2, 0.25) is 0 Å². The van der Waals surface area contributed by atoms with Crippen molar-refractivity contribution >= 4 is 11.9 Å². The van der Waals surface area contributed by atoms with E-state index in [0.717, 1.165) is 31.2 Å². The Kier molecular flexibility index (Phi) is 3.47. The summed E-state index contributed by atoms with van der Waals surface area (Å²) in [7, 11) is 0. The summed E-state index contributed by atoms with van der Waals surface area (Å²) >= 11 is 0. The summed E-state index contributed by atoms with van der Waals surface area (Å²) in [5.41, 5.74) is 2.69. The van der Waals surface area contributed by atoms with Gasteiger partial charge in [-0.05, 0) is 49.3 Å². The molecule has 1 aromatic rings. The number of carbonyl (C=O) groups is 2. The lowest BCUT2D eigenvalue weighted by Gasteiger charge is -2.23. The van der Waals surface area contributed by atoms with E-state index in [1.54, 1.807) is 0 Å². The first-order valence-electron chi connectivity index (χ1n) is 7.82. The topological polar surface area (TPSA) is 49.4 Å². The van der Waals surface area contributed by atoms with Gasteiger partial charge in [-0.3, -0.25) is 9.69 Å². The van der Waals surface area contributed by atoms with Crippen molar-refractivity contribution in [1.29, 1.82) is 0 Å². The van der Waals surface area contributed by atoms with Gasteiger partial charge >= 0.3 is 6.03 Å². The van der Waals surface area contributed by atoms with E-state index in [0.29, 0.717) is 6.54 Å². The molecule has 1 heterocycles. The number of unbranched alkanes of at least 4 members (excludes halogenated alkanes) is 1. The van der Waals surface area contributed by atoms with Crippen LogP contribution in [0.5, 0.6) is 0 Å². The highest BCUT2D eigenvalue weighted by Gasteiger charge is 2.48. The van der Waals surface area contributed by atoms with E-state index in [2.05, 4.69) is 24.4 Å². The molecule has 0 spiro atoms. The van der Waals surface area contributed by atoms with Gasteiger partial charge in [-0.15, -0.1) is 0 Å². The van der Waals surface area contributed by atoms with Crippen molar-refractivity contribution in [2.75, 3.05) is 6.54 Å². The predicted octanol–water partition coefficient (Wildman–Crippen LogP) is 2.74. The molecule has 1 aliphatic carbocycles. The zero-order chi connectivity index (χ0) is 15.0. The third kappa shape index (κ3) is 2.23. The molecular formula is C17H22N2O2. The Labute approximate surface area is 125 Å². The maximum Gasteiger partial charge on any atom is 0.325 e. The molecule has 112 valence electrons. The monoisotopic (exact) mass is 286 g/mol. The van der Waals surface area contributed by atoms with Crippen molar-refractivity contribution in [2.24, 2.45) is 0 Å². The second-order valence-electron chi connectivity index (χ2n) is 6.20. The predicted molar refractivity (Wildman–Crippen MR) is 81.0 cm³/mol. The van der Waals surface area contributed by atoms with Crippen LogP contribution in [0.1, 0.15) is 49.8 Å². The summed E-state index contributed by atoms with van der Waals surface area (Å²) in [4.78, 5) is 26.2. The summed E-state index contributed by atoms with van der Waals surface area (Å²) in [6.07, 6.45) is 5.18. The summed E-state index contributed by atoms with van der Waals surface area (Å²) in [6, 6.07) is 5.93. The number of hydrogen-bond donors (Lipinski definition) is 1. The van der Waals surface area contributed by atoms with Crippen LogP contribution in [-0.2, 0) is 23.2 Å². The van der Waals surface area contributed by atoms with Gasteiger partial charge in [0.25, 0.3) is 5.91 Å². The van der Waals surface area contributed by atoms with Gasteiger partial charge in [0.05, 0.1) is 0 Å². The molecule has 1 aliphatic heterocycles. The molecule has 0 aromatic heterocycles. The Morgan fingerprint density at radius 2 is 2.00 bits per heavy atom. The number of carbonyl (C=O) groups excluding carboxylic acids is 2. The van der Waals surface area contributed by atoms with Crippen molar-refractivity contribution in [3.63, 3.8) is 0 Å². The van der Waals surface area contributed by atoms with Crippen LogP contribution in [0.15, 0.2) is 18.2 Å². The van der Waals surface area contributed by atoms with E-state index < -0.39 is 5.54 Å². The minimum Gasteiger partial charge on any atom is -0.319 e. The Hall–Kier alpha value is -1.84. The van der Waals surface area contributed by atoms with Gasteiger partial charge < -0.3 is 5.32 Å². The fraction of sp³-hybridized carbons (Fsp3) is 0.529. The van der Waals surface area contributed by atoms with Crippen molar-refractivity contribution in [3.8, 4) is 0 Å². The summed E-state index contributed by atoms with van der Waals surface area (Å²) < 4.78 is 0. The van der Waals surface area contributed by atoms with Crippen molar-refractivity contribution in [3.05, 3.63) is 34.9 Å². The van der Waals surface area contributed by atoms with Crippen LogP contribution in [0.25, 0.3) is 0 Å². The molecule has 1 aromatic carbocycles. The van der Waals surface area contributed by atoms with Gasteiger partial charge in [-0.1, -0.05) is 31.5 Å². The molecule has 3 amide bonds. The van der Waals surface area contributed by atoms with Crippen LogP contribution >= 0.6 is 0 Å². The molecule has 0 bridgehead atoms. The smallest absolute Gasteiger partial charge is 0.319 e. The Balaban J connectivity index is 1.90. The third-order valence-corrected chi connectivity index (χ3v) is 4.69. The maximum atomic E-state index is 12.7. The van der Waals surface area contributed by atoms with Gasteiger partial charge in [0, 0.05) is 6.54 Å². The van der Waals surface area contributed by atoms with E-state index in [1.165, 1.54) is 22.4 Å². The number of rotatable bonds is 4. The number of benzene rings is 1. The van der Waals surface area contributed by atoms with Gasteiger partial charge in [0.15, 0.2) is 0 Å². The fourth-order valence-electron chi connectivity index (χ4n) is 3.29. The second-order valence-corrected chi connectivity index (χ2v) is 6.20. The number of imide groups is 1. The number of nitrogens with one attached hydrogen (secondary N) is 1. The molecule has 1 unspecified atom stereocenters. The first-order chi connectivity index (χ1) is 10.1.